The number of rotatable bonds is 5. The highest BCUT2D eigenvalue weighted by Crippen LogP contribution is 2.39. The highest BCUT2D eigenvalue weighted by atomic mass is 32.1. The summed E-state index contributed by atoms with van der Waals surface area (Å²) in [6.45, 7) is 0. The summed E-state index contributed by atoms with van der Waals surface area (Å²) in [6, 6.07) is 2.05. The predicted octanol–water partition coefficient (Wildman–Crippen LogP) is 3.23. The molecule has 1 aliphatic carbocycles. The summed E-state index contributed by atoms with van der Waals surface area (Å²) in [5, 5.41) is 13.7. The molecule has 0 aliphatic heterocycles. The monoisotopic (exact) mass is 358 g/mol. The summed E-state index contributed by atoms with van der Waals surface area (Å²) in [6.07, 6.45) is 10.1. The number of aliphatic hydroxyl groups excluding tert-OH is 1. The molecule has 1 aliphatic rings. The number of carbonyl (C=O) groups excluding carboxylic acids is 1. The number of anilines is 1. The van der Waals surface area contributed by atoms with Crippen molar-refractivity contribution >= 4 is 32.5 Å². The number of carbonyl (C=O) groups is 1. The molecule has 0 radical (unpaired) electrons. The normalized spacial score (nSPS) is 20.8. The van der Waals surface area contributed by atoms with Crippen molar-refractivity contribution in [3.8, 4) is 0 Å². The van der Waals surface area contributed by atoms with Gasteiger partial charge < -0.3 is 20.4 Å². The van der Waals surface area contributed by atoms with Crippen molar-refractivity contribution in [1.29, 1.82) is 0 Å². The standard InChI is InChI=1S/C18H22N4O2S/c23-13-3-1-11(2-4-13)7-14-17-15(5-6-20-17)25-18(14)22-16(24)8-12-9-19-10-21-12/h5-6,9-11,13,20,23H,1-4,7-8H2,(H,19,21)(H,22,24). The average molecular weight is 358 g/mol. The molecule has 4 N–H and O–H groups in total. The van der Waals surface area contributed by atoms with Crippen LogP contribution in [0.1, 0.15) is 36.9 Å². The van der Waals surface area contributed by atoms with Gasteiger partial charge in [-0.2, -0.15) is 0 Å². The van der Waals surface area contributed by atoms with Crippen LogP contribution < -0.4 is 5.32 Å². The van der Waals surface area contributed by atoms with Gasteiger partial charge >= 0.3 is 0 Å². The van der Waals surface area contributed by atoms with Crippen LogP contribution in [0.2, 0.25) is 0 Å². The lowest BCUT2D eigenvalue weighted by atomic mass is 9.83. The van der Waals surface area contributed by atoms with E-state index in [0.29, 0.717) is 12.3 Å². The van der Waals surface area contributed by atoms with Gasteiger partial charge in [0.2, 0.25) is 5.91 Å². The third-order valence-corrected chi connectivity index (χ3v) is 6.08. The topological polar surface area (TPSA) is 93.8 Å². The number of aliphatic hydroxyl groups is 1. The van der Waals surface area contributed by atoms with Crippen molar-refractivity contribution < 1.29 is 9.90 Å². The number of imidazole rings is 1. The molecule has 7 heteroatoms. The molecule has 0 aromatic carbocycles. The molecule has 25 heavy (non-hydrogen) atoms. The van der Waals surface area contributed by atoms with E-state index in [-0.39, 0.29) is 12.0 Å². The average Bonchev–Trinajstić information content (AvgIpc) is 3.30. The molecule has 3 aromatic heterocycles. The number of hydrogen-bond donors (Lipinski definition) is 4. The lowest BCUT2D eigenvalue weighted by Crippen LogP contribution is -2.20. The third kappa shape index (κ3) is 3.62. The van der Waals surface area contributed by atoms with Gasteiger partial charge in [0.1, 0.15) is 5.00 Å². The molecular weight excluding hydrogens is 336 g/mol. The van der Waals surface area contributed by atoms with Crippen molar-refractivity contribution in [3.05, 3.63) is 36.0 Å². The minimum absolute atomic E-state index is 0.0338. The van der Waals surface area contributed by atoms with Gasteiger partial charge in [-0.25, -0.2) is 4.98 Å². The number of nitrogens with zero attached hydrogens (tertiary/aromatic N) is 1. The molecule has 0 atom stereocenters. The Morgan fingerprint density at radius 2 is 2.16 bits per heavy atom. The van der Waals surface area contributed by atoms with Gasteiger partial charge in [-0.15, -0.1) is 11.3 Å². The van der Waals surface area contributed by atoms with Crippen LogP contribution in [0.4, 0.5) is 5.00 Å². The van der Waals surface area contributed by atoms with E-state index in [9.17, 15) is 9.90 Å². The molecule has 0 spiro atoms. The van der Waals surface area contributed by atoms with Crippen LogP contribution in [0.15, 0.2) is 24.8 Å². The molecule has 1 saturated carbocycles. The molecule has 1 amide bonds. The number of amides is 1. The van der Waals surface area contributed by atoms with Crippen molar-refractivity contribution in [3.63, 3.8) is 0 Å². The molecule has 0 bridgehead atoms. The molecule has 4 rings (SSSR count). The van der Waals surface area contributed by atoms with Crippen molar-refractivity contribution in [2.24, 2.45) is 5.92 Å². The van der Waals surface area contributed by atoms with Gasteiger partial charge in [0, 0.05) is 23.7 Å². The smallest absolute Gasteiger partial charge is 0.230 e. The molecule has 3 aromatic rings. The predicted molar refractivity (Wildman–Crippen MR) is 98.8 cm³/mol. The minimum Gasteiger partial charge on any atom is -0.393 e. The van der Waals surface area contributed by atoms with E-state index in [1.807, 2.05) is 6.20 Å². The lowest BCUT2D eigenvalue weighted by Gasteiger charge is -2.25. The Morgan fingerprint density at radius 1 is 1.32 bits per heavy atom. The van der Waals surface area contributed by atoms with Gasteiger partial charge in [0.15, 0.2) is 0 Å². The van der Waals surface area contributed by atoms with E-state index in [1.54, 1.807) is 23.9 Å². The highest BCUT2D eigenvalue weighted by Gasteiger charge is 2.23. The first-order valence-corrected chi connectivity index (χ1v) is 9.54. The van der Waals surface area contributed by atoms with Gasteiger partial charge in [-0.05, 0) is 44.1 Å². The Labute approximate surface area is 149 Å². The van der Waals surface area contributed by atoms with E-state index >= 15 is 0 Å². The molecule has 1 fully saturated rings. The maximum absolute atomic E-state index is 12.4. The van der Waals surface area contributed by atoms with Crippen LogP contribution >= 0.6 is 11.3 Å². The van der Waals surface area contributed by atoms with Crippen molar-refractivity contribution in [2.75, 3.05) is 5.32 Å². The quantitative estimate of drug-likeness (QED) is 0.564. The number of nitrogens with one attached hydrogen (secondary N) is 3. The number of hydrogen-bond acceptors (Lipinski definition) is 4. The van der Waals surface area contributed by atoms with E-state index in [2.05, 4.69) is 26.3 Å². The van der Waals surface area contributed by atoms with Crippen molar-refractivity contribution in [2.45, 2.75) is 44.6 Å². The van der Waals surface area contributed by atoms with Crippen LogP contribution in [-0.2, 0) is 17.6 Å². The third-order valence-electron chi connectivity index (χ3n) is 4.96. The summed E-state index contributed by atoms with van der Waals surface area (Å²) in [7, 11) is 0. The molecular formula is C18H22N4O2S. The summed E-state index contributed by atoms with van der Waals surface area (Å²) < 4.78 is 1.17. The molecule has 3 heterocycles. The van der Waals surface area contributed by atoms with Crippen LogP contribution in [0.5, 0.6) is 0 Å². The second-order valence-electron chi connectivity index (χ2n) is 6.81. The zero-order chi connectivity index (χ0) is 17.2. The van der Waals surface area contributed by atoms with Crippen LogP contribution in [0, 0.1) is 5.92 Å². The fourth-order valence-corrected chi connectivity index (χ4v) is 4.73. The minimum atomic E-state index is -0.141. The number of thiophene rings is 1. The Hall–Kier alpha value is -2.12. The highest BCUT2D eigenvalue weighted by molar-refractivity contribution is 7.23. The number of fused-ring (bicyclic) bond motifs is 1. The van der Waals surface area contributed by atoms with Crippen LogP contribution in [-0.4, -0.2) is 32.1 Å². The molecule has 6 nitrogen and oxygen atoms in total. The zero-order valence-electron chi connectivity index (χ0n) is 13.9. The van der Waals surface area contributed by atoms with Gasteiger partial charge in [0.05, 0.1) is 29.1 Å². The number of H-pyrrole nitrogens is 2. The fourth-order valence-electron chi connectivity index (χ4n) is 3.62. The first-order valence-electron chi connectivity index (χ1n) is 8.73. The molecule has 0 saturated heterocycles. The van der Waals surface area contributed by atoms with E-state index in [1.165, 1.54) is 10.3 Å². The van der Waals surface area contributed by atoms with Gasteiger partial charge in [-0.3, -0.25) is 4.79 Å². The fraction of sp³-hybridized carbons (Fsp3) is 0.444. The zero-order valence-corrected chi connectivity index (χ0v) is 14.7. The Bertz CT molecular complexity index is 844. The second kappa shape index (κ2) is 7.01. The maximum Gasteiger partial charge on any atom is 0.230 e. The van der Waals surface area contributed by atoms with E-state index < -0.39 is 0 Å². The molecule has 0 unspecified atom stereocenters. The van der Waals surface area contributed by atoms with E-state index in [0.717, 1.165) is 48.3 Å². The Kier molecular flexibility index (Phi) is 4.59. The maximum atomic E-state index is 12.4. The van der Waals surface area contributed by atoms with Gasteiger partial charge in [-0.1, -0.05) is 0 Å². The summed E-state index contributed by atoms with van der Waals surface area (Å²) in [4.78, 5) is 22.6. The lowest BCUT2D eigenvalue weighted by molar-refractivity contribution is -0.115. The van der Waals surface area contributed by atoms with Crippen LogP contribution in [0.25, 0.3) is 10.2 Å². The first kappa shape index (κ1) is 16.4. The summed E-state index contributed by atoms with van der Waals surface area (Å²) in [5.74, 6) is 0.529. The Balaban J connectivity index is 1.52. The van der Waals surface area contributed by atoms with E-state index in [4.69, 9.17) is 0 Å². The SMILES string of the molecule is O=C(Cc1cnc[nH]1)Nc1sc2cc[nH]c2c1CC1CCC(O)CC1. The molecule has 132 valence electrons. The second-order valence-corrected chi connectivity index (χ2v) is 7.86. The van der Waals surface area contributed by atoms with Gasteiger partial charge in [0.25, 0.3) is 0 Å². The van der Waals surface area contributed by atoms with Crippen molar-refractivity contribution in [1.82, 2.24) is 15.0 Å². The summed E-state index contributed by atoms with van der Waals surface area (Å²) in [5.41, 5.74) is 3.14. The number of aromatic amines is 2. The first-order chi connectivity index (χ1) is 12.2. The number of aromatic nitrogens is 3. The Morgan fingerprint density at radius 3 is 2.92 bits per heavy atom. The summed E-state index contributed by atoms with van der Waals surface area (Å²) >= 11 is 1.62. The largest absolute Gasteiger partial charge is 0.393 e. The van der Waals surface area contributed by atoms with Crippen LogP contribution in [0.3, 0.4) is 0 Å².